The standard InChI is InChI=1S/C17H25N3O3/c1-2-3-4-7-16(22)19-11-8-15(21)9-12-20-17(23)14-6-5-10-18-13-14/h3-6,10,13,15,21H,2,7-9,11-12H2,1H3,(H,19,22)(H,20,23)/b4-3-. The van der Waals surface area contributed by atoms with E-state index in [9.17, 15) is 14.7 Å². The average molecular weight is 319 g/mol. The van der Waals surface area contributed by atoms with Crippen LogP contribution in [-0.2, 0) is 4.79 Å². The van der Waals surface area contributed by atoms with Gasteiger partial charge in [0.1, 0.15) is 0 Å². The van der Waals surface area contributed by atoms with Gasteiger partial charge in [-0.3, -0.25) is 14.6 Å². The molecule has 1 atom stereocenters. The average Bonchev–Trinajstić information content (AvgIpc) is 2.56. The van der Waals surface area contributed by atoms with Crippen LogP contribution in [0.1, 0.15) is 43.0 Å². The molecule has 0 fully saturated rings. The van der Waals surface area contributed by atoms with Gasteiger partial charge in [0.05, 0.1) is 11.7 Å². The van der Waals surface area contributed by atoms with Crippen molar-refractivity contribution in [2.24, 2.45) is 0 Å². The van der Waals surface area contributed by atoms with Crippen molar-refractivity contribution in [3.63, 3.8) is 0 Å². The minimum absolute atomic E-state index is 0.0493. The molecular formula is C17H25N3O3. The Labute approximate surface area is 137 Å². The van der Waals surface area contributed by atoms with Crippen LogP contribution in [-0.4, -0.2) is 41.1 Å². The molecule has 0 aliphatic rings. The summed E-state index contributed by atoms with van der Waals surface area (Å²) in [7, 11) is 0. The van der Waals surface area contributed by atoms with Crippen molar-refractivity contribution >= 4 is 11.8 Å². The topological polar surface area (TPSA) is 91.3 Å². The molecule has 1 unspecified atom stereocenters. The SMILES string of the molecule is CC/C=C\CC(=O)NCCC(O)CCNC(=O)c1cccnc1. The van der Waals surface area contributed by atoms with E-state index in [4.69, 9.17) is 0 Å². The first-order chi connectivity index (χ1) is 11.1. The van der Waals surface area contributed by atoms with Gasteiger partial charge in [0, 0.05) is 31.9 Å². The zero-order chi connectivity index (χ0) is 16.9. The zero-order valence-corrected chi connectivity index (χ0v) is 13.5. The van der Waals surface area contributed by atoms with Crippen molar-refractivity contribution in [1.82, 2.24) is 15.6 Å². The lowest BCUT2D eigenvalue weighted by atomic mass is 10.2. The zero-order valence-electron chi connectivity index (χ0n) is 13.5. The van der Waals surface area contributed by atoms with Gasteiger partial charge in [0.15, 0.2) is 0 Å². The van der Waals surface area contributed by atoms with E-state index in [-0.39, 0.29) is 11.8 Å². The van der Waals surface area contributed by atoms with E-state index in [1.54, 1.807) is 18.3 Å². The van der Waals surface area contributed by atoms with Crippen LogP contribution in [0.4, 0.5) is 0 Å². The number of nitrogens with zero attached hydrogens (tertiary/aromatic N) is 1. The van der Waals surface area contributed by atoms with Crippen molar-refractivity contribution in [2.75, 3.05) is 13.1 Å². The molecule has 0 aliphatic carbocycles. The number of rotatable bonds is 10. The van der Waals surface area contributed by atoms with Crippen LogP contribution < -0.4 is 10.6 Å². The van der Waals surface area contributed by atoms with Gasteiger partial charge in [-0.15, -0.1) is 0 Å². The Bertz CT molecular complexity index is 503. The van der Waals surface area contributed by atoms with E-state index in [0.717, 1.165) is 6.42 Å². The Morgan fingerprint density at radius 2 is 2.00 bits per heavy atom. The number of hydrogen-bond donors (Lipinski definition) is 3. The number of aromatic nitrogens is 1. The molecule has 0 radical (unpaired) electrons. The maximum atomic E-state index is 11.8. The summed E-state index contributed by atoms with van der Waals surface area (Å²) in [6.45, 7) is 2.82. The summed E-state index contributed by atoms with van der Waals surface area (Å²) in [5.74, 6) is -0.256. The molecule has 23 heavy (non-hydrogen) atoms. The number of aliphatic hydroxyl groups is 1. The van der Waals surface area contributed by atoms with Crippen LogP contribution in [0.3, 0.4) is 0 Å². The molecule has 2 amide bonds. The van der Waals surface area contributed by atoms with Crippen molar-refractivity contribution in [3.05, 3.63) is 42.2 Å². The van der Waals surface area contributed by atoms with Crippen LogP contribution in [0.15, 0.2) is 36.7 Å². The second kappa shape index (κ2) is 11.4. The molecule has 0 spiro atoms. The Balaban J connectivity index is 2.10. The summed E-state index contributed by atoms with van der Waals surface area (Å²) >= 11 is 0. The highest BCUT2D eigenvalue weighted by Crippen LogP contribution is 1.98. The molecule has 0 aromatic carbocycles. The molecule has 1 rings (SSSR count). The minimum Gasteiger partial charge on any atom is -0.393 e. The first-order valence-corrected chi connectivity index (χ1v) is 7.91. The first-order valence-electron chi connectivity index (χ1n) is 7.91. The van der Waals surface area contributed by atoms with Crippen molar-refractivity contribution in [1.29, 1.82) is 0 Å². The lowest BCUT2D eigenvalue weighted by Crippen LogP contribution is -2.30. The van der Waals surface area contributed by atoms with E-state index in [1.807, 2.05) is 19.1 Å². The van der Waals surface area contributed by atoms with Crippen molar-refractivity contribution < 1.29 is 14.7 Å². The number of amides is 2. The molecular weight excluding hydrogens is 294 g/mol. The highest BCUT2D eigenvalue weighted by molar-refractivity contribution is 5.93. The van der Waals surface area contributed by atoms with Crippen LogP contribution >= 0.6 is 0 Å². The van der Waals surface area contributed by atoms with Gasteiger partial charge < -0.3 is 15.7 Å². The third kappa shape index (κ3) is 8.73. The number of pyridine rings is 1. The maximum absolute atomic E-state index is 11.8. The molecule has 0 saturated heterocycles. The van der Waals surface area contributed by atoms with Gasteiger partial charge in [0.2, 0.25) is 5.91 Å². The molecule has 1 aromatic rings. The van der Waals surface area contributed by atoms with E-state index in [0.29, 0.717) is 37.9 Å². The van der Waals surface area contributed by atoms with Crippen molar-refractivity contribution in [2.45, 2.75) is 38.7 Å². The lowest BCUT2D eigenvalue weighted by molar-refractivity contribution is -0.120. The van der Waals surface area contributed by atoms with E-state index in [1.165, 1.54) is 6.20 Å². The Morgan fingerprint density at radius 1 is 1.26 bits per heavy atom. The quantitative estimate of drug-likeness (QED) is 0.569. The van der Waals surface area contributed by atoms with Crippen LogP contribution in [0, 0.1) is 0 Å². The summed E-state index contributed by atoms with van der Waals surface area (Å²) in [6.07, 6.45) is 8.50. The summed E-state index contributed by atoms with van der Waals surface area (Å²) in [6, 6.07) is 3.38. The van der Waals surface area contributed by atoms with Crippen LogP contribution in [0.5, 0.6) is 0 Å². The fourth-order valence-corrected chi connectivity index (χ4v) is 1.90. The van der Waals surface area contributed by atoms with E-state index in [2.05, 4.69) is 15.6 Å². The van der Waals surface area contributed by atoms with Gasteiger partial charge in [0.25, 0.3) is 5.91 Å². The van der Waals surface area contributed by atoms with Gasteiger partial charge in [-0.2, -0.15) is 0 Å². The van der Waals surface area contributed by atoms with Gasteiger partial charge in [-0.1, -0.05) is 19.1 Å². The van der Waals surface area contributed by atoms with Gasteiger partial charge in [-0.05, 0) is 31.4 Å². The third-order valence-corrected chi connectivity index (χ3v) is 3.19. The highest BCUT2D eigenvalue weighted by atomic mass is 16.3. The monoisotopic (exact) mass is 319 g/mol. The highest BCUT2D eigenvalue weighted by Gasteiger charge is 2.08. The summed E-state index contributed by atoms with van der Waals surface area (Å²) in [4.78, 5) is 27.1. The summed E-state index contributed by atoms with van der Waals surface area (Å²) in [5, 5.41) is 15.3. The molecule has 3 N–H and O–H groups in total. The second-order valence-electron chi connectivity index (χ2n) is 5.16. The number of aliphatic hydroxyl groups excluding tert-OH is 1. The Hall–Kier alpha value is -2.21. The number of allylic oxidation sites excluding steroid dienone is 1. The fourth-order valence-electron chi connectivity index (χ4n) is 1.90. The van der Waals surface area contributed by atoms with Crippen LogP contribution in [0.25, 0.3) is 0 Å². The predicted molar refractivity (Wildman–Crippen MR) is 88.9 cm³/mol. The number of nitrogens with one attached hydrogen (secondary N) is 2. The Kier molecular flexibility index (Phi) is 9.31. The second-order valence-corrected chi connectivity index (χ2v) is 5.16. The Morgan fingerprint density at radius 3 is 2.65 bits per heavy atom. The molecule has 6 heteroatoms. The minimum atomic E-state index is -0.560. The largest absolute Gasteiger partial charge is 0.393 e. The maximum Gasteiger partial charge on any atom is 0.252 e. The normalized spacial score (nSPS) is 12.1. The van der Waals surface area contributed by atoms with E-state index < -0.39 is 6.10 Å². The number of hydrogen-bond acceptors (Lipinski definition) is 4. The molecule has 0 bridgehead atoms. The first kappa shape index (κ1) is 18.8. The lowest BCUT2D eigenvalue weighted by Gasteiger charge is -2.11. The van der Waals surface area contributed by atoms with Gasteiger partial charge >= 0.3 is 0 Å². The molecule has 0 saturated carbocycles. The molecule has 1 heterocycles. The third-order valence-electron chi connectivity index (χ3n) is 3.19. The number of carbonyl (C=O) groups is 2. The molecule has 0 aliphatic heterocycles. The van der Waals surface area contributed by atoms with Crippen LogP contribution in [0.2, 0.25) is 0 Å². The smallest absolute Gasteiger partial charge is 0.252 e. The predicted octanol–water partition coefficient (Wildman–Crippen LogP) is 1.42. The summed E-state index contributed by atoms with van der Waals surface area (Å²) in [5.41, 5.74) is 0.495. The fraction of sp³-hybridized carbons (Fsp3) is 0.471. The molecule has 6 nitrogen and oxygen atoms in total. The molecule has 1 aromatic heterocycles. The summed E-state index contributed by atoms with van der Waals surface area (Å²) < 4.78 is 0. The molecule has 126 valence electrons. The number of carbonyl (C=O) groups excluding carboxylic acids is 2. The van der Waals surface area contributed by atoms with Gasteiger partial charge in [-0.25, -0.2) is 0 Å². The van der Waals surface area contributed by atoms with Crippen molar-refractivity contribution in [3.8, 4) is 0 Å². The van der Waals surface area contributed by atoms with E-state index >= 15 is 0 Å².